The highest BCUT2D eigenvalue weighted by molar-refractivity contribution is 14.1. The van der Waals surface area contributed by atoms with Gasteiger partial charge in [-0.25, -0.2) is 0 Å². The second-order valence-electron chi connectivity index (χ2n) is 7.10. The van der Waals surface area contributed by atoms with Crippen molar-refractivity contribution < 1.29 is 19.0 Å². The minimum atomic E-state index is -0.477. The molecule has 0 aliphatic rings. The molecule has 3 aromatic rings. The number of amides is 1. The first-order chi connectivity index (χ1) is 16.4. The lowest BCUT2D eigenvalue weighted by Gasteiger charge is -2.11. The van der Waals surface area contributed by atoms with Gasteiger partial charge in [0.05, 0.1) is 17.8 Å². The minimum Gasteiger partial charge on any atom is -0.497 e. The molecule has 0 bridgehead atoms. The Morgan fingerprint density at radius 1 is 1.06 bits per heavy atom. The van der Waals surface area contributed by atoms with Gasteiger partial charge in [-0.15, -0.1) is 0 Å². The van der Waals surface area contributed by atoms with Crippen LogP contribution in [0, 0.1) is 14.9 Å². The third-order valence-electron chi connectivity index (χ3n) is 4.91. The van der Waals surface area contributed by atoms with E-state index in [2.05, 4.69) is 27.9 Å². The number of nitrogens with one attached hydrogen (secondary N) is 1. The molecule has 174 valence electrons. The van der Waals surface area contributed by atoms with Crippen LogP contribution in [0.1, 0.15) is 16.7 Å². The van der Waals surface area contributed by atoms with Crippen molar-refractivity contribution in [3.05, 3.63) is 91.5 Å². The van der Waals surface area contributed by atoms with E-state index in [1.165, 1.54) is 0 Å². The molecule has 0 saturated heterocycles. The first kappa shape index (κ1) is 25.4. The fraction of sp³-hybridized carbons (Fsp3) is 0.154. The van der Waals surface area contributed by atoms with E-state index in [1.54, 1.807) is 50.6 Å². The van der Waals surface area contributed by atoms with Crippen molar-refractivity contribution in [2.24, 2.45) is 0 Å². The lowest BCUT2D eigenvalue weighted by atomic mass is 10.1. The van der Waals surface area contributed by atoms with Crippen LogP contribution in [0.5, 0.6) is 17.2 Å². The van der Waals surface area contributed by atoms with Gasteiger partial charge >= 0.3 is 0 Å². The van der Waals surface area contributed by atoms with E-state index in [1.807, 2.05) is 36.4 Å². The lowest BCUT2D eigenvalue weighted by molar-refractivity contribution is -0.117. The molecule has 0 spiro atoms. The zero-order valence-electron chi connectivity index (χ0n) is 18.6. The van der Waals surface area contributed by atoms with E-state index in [0.717, 1.165) is 14.7 Å². The number of nitriles is 1. The maximum atomic E-state index is 12.6. The number of nitrogens with zero attached hydrogens (tertiary/aromatic N) is 1. The van der Waals surface area contributed by atoms with Crippen LogP contribution < -0.4 is 19.5 Å². The van der Waals surface area contributed by atoms with Crippen LogP contribution >= 0.6 is 34.2 Å². The van der Waals surface area contributed by atoms with Crippen LogP contribution in [0.3, 0.4) is 0 Å². The number of rotatable bonds is 9. The molecule has 0 unspecified atom stereocenters. The monoisotopic (exact) mass is 588 g/mol. The van der Waals surface area contributed by atoms with Gasteiger partial charge in [-0.1, -0.05) is 35.9 Å². The van der Waals surface area contributed by atoms with Crippen molar-refractivity contribution in [1.29, 1.82) is 5.26 Å². The average molecular weight is 589 g/mol. The first-order valence-corrected chi connectivity index (χ1v) is 11.7. The third kappa shape index (κ3) is 6.65. The van der Waals surface area contributed by atoms with Gasteiger partial charge in [-0.05, 0) is 64.6 Å². The van der Waals surface area contributed by atoms with E-state index >= 15 is 0 Å². The predicted molar refractivity (Wildman–Crippen MR) is 140 cm³/mol. The Kier molecular flexibility index (Phi) is 9.19. The van der Waals surface area contributed by atoms with Gasteiger partial charge in [0, 0.05) is 28.8 Å². The number of benzene rings is 3. The smallest absolute Gasteiger partial charge is 0.262 e. The Morgan fingerprint density at radius 3 is 2.53 bits per heavy atom. The largest absolute Gasteiger partial charge is 0.497 e. The van der Waals surface area contributed by atoms with Gasteiger partial charge in [0.15, 0.2) is 0 Å². The fourth-order valence-electron chi connectivity index (χ4n) is 3.08. The summed E-state index contributed by atoms with van der Waals surface area (Å²) >= 11 is 8.34. The van der Waals surface area contributed by atoms with Gasteiger partial charge in [-0.3, -0.25) is 4.79 Å². The molecule has 0 fully saturated rings. The van der Waals surface area contributed by atoms with Crippen molar-refractivity contribution in [1.82, 2.24) is 5.32 Å². The van der Waals surface area contributed by atoms with Crippen LogP contribution in [0.15, 0.2) is 66.2 Å². The molecule has 1 N–H and O–H groups in total. The van der Waals surface area contributed by atoms with Gasteiger partial charge in [0.2, 0.25) is 0 Å². The highest BCUT2D eigenvalue weighted by Crippen LogP contribution is 2.26. The number of ether oxygens (including phenoxy) is 3. The molecule has 0 aliphatic carbocycles. The minimum absolute atomic E-state index is 0.00647. The van der Waals surface area contributed by atoms with E-state index in [9.17, 15) is 10.1 Å². The summed E-state index contributed by atoms with van der Waals surface area (Å²) < 4.78 is 17.3. The number of carbonyl (C=O) groups excluding carboxylic acids is 1. The SMILES string of the molecule is COc1ccc(CNC(=O)/C(C#N)=C/c2ccc(OCc3ccccc3Cl)c(I)c2)c(OC)c1. The number of methoxy groups -OCH3 is 2. The number of halogens is 2. The van der Waals surface area contributed by atoms with E-state index in [0.29, 0.717) is 34.4 Å². The average Bonchev–Trinajstić information content (AvgIpc) is 2.86. The summed E-state index contributed by atoms with van der Waals surface area (Å²) in [6, 6.07) is 20.2. The number of hydrogen-bond acceptors (Lipinski definition) is 5. The van der Waals surface area contributed by atoms with E-state index in [-0.39, 0.29) is 12.1 Å². The Bertz CT molecular complexity index is 1250. The molecule has 0 saturated carbocycles. The second kappa shape index (κ2) is 12.3. The molecule has 0 aliphatic heterocycles. The zero-order chi connectivity index (χ0) is 24.5. The summed E-state index contributed by atoms with van der Waals surface area (Å²) in [5.74, 6) is 1.45. The van der Waals surface area contributed by atoms with Crippen LogP contribution in [0.2, 0.25) is 5.02 Å². The van der Waals surface area contributed by atoms with Gasteiger partial charge in [-0.2, -0.15) is 5.26 Å². The van der Waals surface area contributed by atoms with Gasteiger partial charge < -0.3 is 19.5 Å². The molecule has 0 atom stereocenters. The normalized spacial score (nSPS) is 10.9. The standard InChI is InChI=1S/C26H22ClIN2O4/c1-32-21-9-8-18(25(13-21)33-2)15-30-26(31)20(14-29)11-17-7-10-24(23(28)12-17)34-16-19-5-3-4-6-22(19)27/h3-13H,15-16H2,1-2H3,(H,30,31)/b20-11+. The summed E-state index contributed by atoms with van der Waals surface area (Å²) in [7, 11) is 3.11. The zero-order valence-corrected chi connectivity index (χ0v) is 21.5. The third-order valence-corrected chi connectivity index (χ3v) is 6.12. The van der Waals surface area contributed by atoms with Gasteiger partial charge in [0.1, 0.15) is 35.5 Å². The number of carbonyl (C=O) groups is 1. The second-order valence-corrected chi connectivity index (χ2v) is 8.67. The van der Waals surface area contributed by atoms with Crippen LogP contribution in [0.25, 0.3) is 6.08 Å². The highest BCUT2D eigenvalue weighted by atomic mass is 127. The Hall–Kier alpha value is -3.22. The van der Waals surface area contributed by atoms with Crippen molar-refractivity contribution in [2.75, 3.05) is 14.2 Å². The molecular weight excluding hydrogens is 567 g/mol. The molecule has 8 heteroatoms. The quantitative estimate of drug-likeness (QED) is 0.195. The van der Waals surface area contributed by atoms with Gasteiger partial charge in [0.25, 0.3) is 5.91 Å². The van der Waals surface area contributed by atoms with Crippen molar-refractivity contribution in [2.45, 2.75) is 13.2 Å². The molecule has 3 rings (SSSR count). The first-order valence-electron chi connectivity index (χ1n) is 10.2. The lowest BCUT2D eigenvalue weighted by Crippen LogP contribution is -2.24. The molecule has 0 radical (unpaired) electrons. The van der Waals surface area contributed by atoms with Crippen LogP contribution in [0.4, 0.5) is 0 Å². The molecule has 0 heterocycles. The Balaban J connectivity index is 1.67. The molecule has 1 amide bonds. The van der Waals surface area contributed by atoms with Crippen LogP contribution in [-0.4, -0.2) is 20.1 Å². The van der Waals surface area contributed by atoms with E-state index < -0.39 is 5.91 Å². The van der Waals surface area contributed by atoms with Crippen molar-refractivity contribution in [3.8, 4) is 23.3 Å². The Morgan fingerprint density at radius 2 is 1.85 bits per heavy atom. The Labute approximate surface area is 217 Å². The molecular formula is C26H22ClIN2O4. The molecule has 6 nitrogen and oxygen atoms in total. The fourth-order valence-corrected chi connectivity index (χ4v) is 3.96. The van der Waals surface area contributed by atoms with Crippen LogP contribution in [-0.2, 0) is 17.9 Å². The topological polar surface area (TPSA) is 80.6 Å². The van der Waals surface area contributed by atoms with Crippen molar-refractivity contribution >= 4 is 46.2 Å². The van der Waals surface area contributed by atoms with E-state index in [4.69, 9.17) is 25.8 Å². The maximum Gasteiger partial charge on any atom is 0.262 e. The summed E-state index contributed by atoms with van der Waals surface area (Å²) in [5, 5.41) is 12.9. The number of hydrogen-bond donors (Lipinski definition) is 1. The van der Waals surface area contributed by atoms with Crippen molar-refractivity contribution in [3.63, 3.8) is 0 Å². The maximum absolute atomic E-state index is 12.6. The summed E-state index contributed by atoms with van der Waals surface area (Å²) in [4.78, 5) is 12.6. The molecule has 34 heavy (non-hydrogen) atoms. The highest BCUT2D eigenvalue weighted by Gasteiger charge is 2.12. The molecule has 0 aromatic heterocycles. The summed E-state index contributed by atoms with van der Waals surface area (Å²) in [6.45, 7) is 0.545. The summed E-state index contributed by atoms with van der Waals surface area (Å²) in [6.07, 6.45) is 1.54. The predicted octanol–water partition coefficient (Wildman–Crippen LogP) is 5.76. The summed E-state index contributed by atoms with van der Waals surface area (Å²) in [5.41, 5.74) is 2.36. The molecule has 3 aromatic carbocycles.